The van der Waals surface area contributed by atoms with Gasteiger partial charge in [-0.3, -0.25) is 0 Å². The van der Waals surface area contributed by atoms with E-state index in [0.717, 1.165) is 0 Å². The van der Waals surface area contributed by atoms with Gasteiger partial charge in [0.1, 0.15) is 0 Å². The topological polar surface area (TPSA) is 0 Å². The summed E-state index contributed by atoms with van der Waals surface area (Å²) >= 11 is 0. The molecule has 0 radical (unpaired) electrons. The molecule has 4 heteroatoms. The maximum absolute atomic E-state index is 2.34. The number of hydrogen-bond donors (Lipinski definition) is 0. The normalized spacial score (nSPS) is 11.7. The molecule has 0 aliphatic carbocycles. The van der Waals surface area contributed by atoms with Gasteiger partial charge in [-0.05, 0) is 103 Å². The Morgan fingerprint density at radius 3 is 0.306 bits per heavy atom. The third-order valence-corrected chi connectivity index (χ3v) is 16.9. The van der Waals surface area contributed by atoms with Crippen molar-refractivity contribution in [2.75, 3.05) is 52.4 Å². The summed E-state index contributed by atoms with van der Waals surface area (Å²) in [4.78, 5) is 0. The molecule has 0 amide bonds. The second kappa shape index (κ2) is 68.0. The summed E-state index contributed by atoms with van der Waals surface area (Å²) in [5.41, 5.74) is 0. The number of unbranched alkanes of at least 4 members (excludes halogenated alkanes) is 44. The highest BCUT2D eigenvalue weighted by Gasteiger charge is 2.27. The van der Waals surface area contributed by atoms with Crippen molar-refractivity contribution in [3.8, 4) is 0 Å². The molecule has 0 atom stereocenters. The molecule has 0 saturated heterocycles. The number of halogens is 2. The summed E-state index contributed by atoms with van der Waals surface area (Å²) in [5, 5.41) is 0. The lowest BCUT2D eigenvalue weighted by Crippen LogP contribution is -3.00. The highest BCUT2D eigenvalue weighted by Crippen LogP contribution is 2.23. The van der Waals surface area contributed by atoms with E-state index in [-0.39, 0.29) is 34.0 Å². The van der Waals surface area contributed by atoms with Crippen LogP contribution in [0.5, 0.6) is 0 Å². The van der Waals surface area contributed by atoms with E-state index >= 15 is 0 Å². The van der Waals surface area contributed by atoms with Gasteiger partial charge in [-0.15, -0.1) is 0 Å². The number of quaternary nitrogens is 2. The maximum atomic E-state index is 2.34. The van der Waals surface area contributed by atoms with Gasteiger partial charge >= 0.3 is 0 Å². The third-order valence-electron chi connectivity index (χ3n) is 16.9. The lowest BCUT2D eigenvalue weighted by molar-refractivity contribution is -0.929. The molecule has 440 valence electrons. The van der Waals surface area contributed by atoms with E-state index in [1.54, 1.807) is 0 Å². The van der Waals surface area contributed by atoms with Crippen molar-refractivity contribution in [1.82, 2.24) is 0 Å². The summed E-state index contributed by atoms with van der Waals surface area (Å²) < 4.78 is 2.95. The largest absolute Gasteiger partial charge is 1.00 e. The second-order valence-corrected chi connectivity index (χ2v) is 24.0. The Hall–Kier alpha value is 0.880. The molecular weight excluding hydrogens is 1000 g/mol. The average Bonchev–Trinajstić information content (AvgIpc) is 3.37. The molecule has 0 spiro atoms. The molecule has 0 unspecified atom stereocenters. The van der Waals surface area contributed by atoms with Crippen LogP contribution in [-0.4, -0.2) is 61.3 Å². The zero-order valence-corrected chi connectivity index (χ0v) is 55.2. The van der Waals surface area contributed by atoms with E-state index in [1.807, 2.05) is 0 Å². The van der Waals surface area contributed by atoms with Crippen molar-refractivity contribution in [3.63, 3.8) is 0 Å². The van der Waals surface area contributed by atoms with Gasteiger partial charge in [0.05, 0.1) is 52.4 Å². The van der Waals surface area contributed by atoms with Crippen LogP contribution in [0.4, 0.5) is 0 Å². The van der Waals surface area contributed by atoms with Crippen molar-refractivity contribution < 1.29 is 42.9 Å². The van der Waals surface area contributed by atoms with Gasteiger partial charge in [-0.2, -0.15) is 0 Å². The van der Waals surface area contributed by atoms with E-state index in [4.69, 9.17) is 0 Å². The molecule has 0 rings (SSSR count). The Kier molecular flexibility index (Phi) is 74.9. The molecule has 0 heterocycles. The fourth-order valence-corrected chi connectivity index (χ4v) is 11.9. The predicted octanol–water partition coefficient (Wildman–Crippen LogP) is 18.1. The third kappa shape index (κ3) is 58.6. The molecule has 0 aliphatic rings. The first-order chi connectivity index (χ1) is 34.5. The highest BCUT2D eigenvalue weighted by atomic mass is 79.9. The van der Waals surface area contributed by atoms with Crippen molar-refractivity contribution >= 4 is 0 Å². The molecule has 2 nitrogen and oxygen atoms in total. The van der Waals surface area contributed by atoms with Crippen molar-refractivity contribution in [1.29, 1.82) is 0 Å². The average molecular weight is 1150 g/mol. The Morgan fingerprint density at radius 2 is 0.208 bits per heavy atom. The summed E-state index contributed by atoms with van der Waals surface area (Å²) in [6, 6.07) is 0. The first kappa shape index (κ1) is 79.4. The van der Waals surface area contributed by atoms with Gasteiger partial charge < -0.3 is 42.9 Å². The molecule has 0 aromatic carbocycles. The van der Waals surface area contributed by atoms with Crippen LogP contribution in [0.1, 0.15) is 389 Å². The van der Waals surface area contributed by atoms with Crippen LogP contribution in [0.25, 0.3) is 0 Å². The van der Waals surface area contributed by atoms with E-state index in [9.17, 15) is 0 Å². The van der Waals surface area contributed by atoms with E-state index in [2.05, 4.69) is 55.4 Å². The lowest BCUT2D eigenvalue weighted by atomic mass is 10.0. The van der Waals surface area contributed by atoms with Crippen LogP contribution in [0.15, 0.2) is 0 Å². The van der Waals surface area contributed by atoms with Gasteiger partial charge in [-0.1, -0.05) is 287 Å². The molecule has 72 heavy (non-hydrogen) atoms. The first-order valence-electron chi connectivity index (χ1n) is 34.2. The maximum Gasteiger partial charge on any atom is 0.0786 e. The quantitative estimate of drug-likeness (QED) is 0.0421. The first-order valence-corrected chi connectivity index (χ1v) is 34.2. The summed E-state index contributed by atoms with van der Waals surface area (Å²) in [7, 11) is 0. The molecule has 0 saturated carbocycles. The SMILES string of the molecule is CCCCCCCCCC[N+](CCCCCCCCCC)(CCCCCCCCCC)CCCCCCCCCC.CCCCCCC[N+](CCCCCCC)(CCCCCCC)CCCCCCC.[Br-].[Br-]. The Morgan fingerprint density at radius 1 is 0.125 bits per heavy atom. The van der Waals surface area contributed by atoms with E-state index in [1.165, 1.54) is 395 Å². The summed E-state index contributed by atoms with van der Waals surface area (Å²) in [6.45, 7) is 30.5. The molecule has 0 aromatic heterocycles. The van der Waals surface area contributed by atoms with Crippen molar-refractivity contribution in [2.24, 2.45) is 0 Å². The van der Waals surface area contributed by atoms with Crippen LogP contribution in [0, 0.1) is 0 Å². The van der Waals surface area contributed by atoms with Gasteiger partial charge in [0.2, 0.25) is 0 Å². The van der Waals surface area contributed by atoms with Crippen LogP contribution in [0.3, 0.4) is 0 Å². The monoisotopic (exact) mass is 1150 g/mol. The fraction of sp³-hybridized carbons (Fsp3) is 1.00. The van der Waals surface area contributed by atoms with Crippen LogP contribution in [-0.2, 0) is 0 Å². The van der Waals surface area contributed by atoms with Crippen molar-refractivity contribution in [2.45, 2.75) is 389 Å². The lowest BCUT2D eigenvalue weighted by Gasteiger charge is -2.40. The zero-order valence-electron chi connectivity index (χ0n) is 52.1. The second-order valence-electron chi connectivity index (χ2n) is 24.0. The summed E-state index contributed by atoms with van der Waals surface area (Å²) in [6.07, 6.45) is 75.5. The minimum Gasteiger partial charge on any atom is -1.00 e. The Labute approximate surface area is 481 Å². The number of rotatable bonds is 60. The van der Waals surface area contributed by atoms with Crippen LogP contribution in [0.2, 0.25) is 0 Å². The van der Waals surface area contributed by atoms with Gasteiger partial charge in [0.15, 0.2) is 0 Å². The zero-order chi connectivity index (χ0) is 51.4. The van der Waals surface area contributed by atoms with Crippen molar-refractivity contribution in [3.05, 3.63) is 0 Å². The number of hydrogen-bond acceptors (Lipinski definition) is 0. The fourth-order valence-electron chi connectivity index (χ4n) is 11.9. The molecule has 0 N–H and O–H groups in total. The van der Waals surface area contributed by atoms with Crippen LogP contribution >= 0.6 is 0 Å². The standard InChI is InChI=1S/C40H84N.C28H60N.2BrH/c1-5-9-13-17-21-25-29-33-37-41(38-34-30-26-22-18-14-10-6-2,39-35-31-27-23-19-15-11-7-3)40-36-32-28-24-20-16-12-8-4;1-5-9-13-17-21-25-29(26-22-18-14-10-6-2,27-23-19-15-11-7-3)28-24-20-16-12-8-4;;/h5-40H2,1-4H3;5-28H2,1-4H3;2*1H/q2*+1;;/p-2. The van der Waals surface area contributed by atoms with E-state index < -0.39 is 0 Å². The van der Waals surface area contributed by atoms with E-state index in [0.29, 0.717) is 0 Å². The molecule has 0 aliphatic heterocycles. The summed E-state index contributed by atoms with van der Waals surface area (Å²) in [5.74, 6) is 0. The minimum absolute atomic E-state index is 0. The van der Waals surface area contributed by atoms with Crippen LogP contribution < -0.4 is 34.0 Å². The Balaban J connectivity index is -0.000000660. The molecule has 0 aromatic rings. The van der Waals surface area contributed by atoms with Gasteiger partial charge in [0, 0.05) is 0 Å². The molecular formula is C68H144Br2N2. The Bertz CT molecular complexity index is 764. The minimum atomic E-state index is 0. The smallest absolute Gasteiger partial charge is 0.0786 e. The van der Waals surface area contributed by atoms with Gasteiger partial charge in [0.25, 0.3) is 0 Å². The predicted molar refractivity (Wildman–Crippen MR) is 325 cm³/mol. The molecule has 0 bridgehead atoms. The number of nitrogens with zero attached hydrogens (tertiary/aromatic N) is 2. The molecule has 0 fully saturated rings. The highest BCUT2D eigenvalue weighted by molar-refractivity contribution is 4.58. The van der Waals surface area contributed by atoms with Gasteiger partial charge in [-0.25, -0.2) is 0 Å².